The van der Waals surface area contributed by atoms with Crippen LogP contribution in [0.25, 0.3) is 0 Å². The summed E-state index contributed by atoms with van der Waals surface area (Å²) in [6.07, 6.45) is 0. The minimum Gasteiger partial charge on any atom is -0.378 e. The highest BCUT2D eigenvalue weighted by molar-refractivity contribution is 6.30. The van der Waals surface area contributed by atoms with Gasteiger partial charge in [-0.15, -0.1) is 0 Å². The Balaban J connectivity index is 2.14. The monoisotopic (exact) mass is 174 g/mol. The van der Waals surface area contributed by atoms with Gasteiger partial charge in [0.2, 0.25) is 0 Å². The Labute approximate surface area is 79.1 Å². The second-order valence-corrected chi connectivity index (χ2v) is 3.02. The molecule has 2 radical (unpaired) electrons. The molecule has 1 aromatic rings. The minimum atomic E-state index is 0.573. The number of hydrogen-bond acceptors (Lipinski definition) is 3. The molecular formula is C9H11BN2O. The summed E-state index contributed by atoms with van der Waals surface area (Å²) in [7, 11) is 5.60. The first kappa shape index (κ1) is 8.57. The Morgan fingerprint density at radius 2 is 2.08 bits per heavy atom. The first-order valence-corrected chi connectivity index (χ1v) is 4.41. The van der Waals surface area contributed by atoms with E-state index < -0.39 is 0 Å². The van der Waals surface area contributed by atoms with Gasteiger partial charge in [-0.3, -0.25) is 0 Å². The van der Waals surface area contributed by atoms with Gasteiger partial charge in [0.25, 0.3) is 0 Å². The van der Waals surface area contributed by atoms with Crippen LogP contribution in [0.1, 0.15) is 0 Å². The van der Waals surface area contributed by atoms with Crippen LogP contribution in [0.5, 0.6) is 0 Å². The van der Waals surface area contributed by atoms with E-state index in [-0.39, 0.29) is 0 Å². The summed E-state index contributed by atoms with van der Waals surface area (Å²) in [5.74, 6) is 0.948. The summed E-state index contributed by atoms with van der Waals surface area (Å²) in [6.45, 7) is 3.35. The molecular weight excluding hydrogens is 163 g/mol. The van der Waals surface area contributed by atoms with E-state index in [1.54, 1.807) is 6.07 Å². The molecule has 0 amide bonds. The van der Waals surface area contributed by atoms with Crippen molar-refractivity contribution in [3.63, 3.8) is 0 Å². The van der Waals surface area contributed by atoms with Crippen molar-refractivity contribution >= 4 is 19.3 Å². The standard InChI is InChI=1S/C9H11BN2O/c10-8-2-1-3-9(11-8)12-4-6-13-7-5-12/h1-3H,4-7H2. The van der Waals surface area contributed by atoms with Crippen LogP contribution in [0.2, 0.25) is 0 Å². The Morgan fingerprint density at radius 3 is 2.77 bits per heavy atom. The summed E-state index contributed by atoms with van der Waals surface area (Å²) >= 11 is 0. The third-order valence-electron chi connectivity index (χ3n) is 2.09. The van der Waals surface area contributed by atoms with Gasteiger partial charge in [-0.25, -0.2) is 4.98 Å². The molecule has 0 aromatic carbocycles. The van der Waals surface area contributed by atoms with Crippen molar-refractivity contribution in [2.45, 2.75) is 0 Å². The number of nitrogens with zero attached hydrogens (tertiary/aromatic N) is 2. The molecule has 0 spiro atoms. The Kier molecular flexibility index (Phi) is 2.50. The topological polar surface area (TPSA) is 25.4 Å². The highest BCUT2D eigenvalue weighted by Crippen LogP contribution is 2.09. The third kappa shape index (κ3) is 2.01. The van der Waals surface area contributed by atoms with Crippen LogP contribution in [-0.4, -0.2) is 39.1 Å². The van der Waals surface area contributed by atoms with Crippen molar-refractivity contribution in [3.8, 4) is 0 Å². The van der Waals surface area contributed by atoms with Gasteiger partial charge in [-0.05, 0) is 11.7 Å². The molecule has 1 fully saturated rings. The average Bonchev–Trinajstić information content (AvgIpc) is 2.19. The van der Waals surface area contributed by atoms with E-state index in [9.17, 15) is 0 Å². The molecule has 66 valence electrons. The van der Waals surface area contributed by atoms with Crippen LogP contribution in [0.15, 0.2) is 18.2 Å². The van der Waals surface area contributed by atoms with E-state index in [1.165, 1.54) is 0 Å². The number of rotatable bonds is 1. The zero-order valence-corrected chi connectivity index (χ0v) is 7.44. The lowest BCUT2D eigenvalue weighted by Crippen LogP contribution is -2.37. The van der Waals surface area contributed by atoms with Gasteiger partial charge in [0, 0.05) is 13.1 Å². The van der Waals surface area contributed by atoms with E-state index in [1.807, 2.05) is 12.1 Å². The van der Waals surface area contributed by atoms with Gasteiger partial charge in [0.15, 0.2) is 0 Å². The Morgan fingerprint density at radius 1 is 1.31 bits per heavy atom. The maximum absolute atomic E-state index is 5.60. The van der Waals surface area contributed by atoms with Crippen molar-refractivity contribution in [3.05, 3.63) is 18.2 Å². The first-order chi connectivity index (χ1) is 6.36. The van der Waals surface area contributed by atoms with E-state index in [2.05, 4.69) is 9.88 Å². The molecule has 0 saturated carbocycles. The van der Waals surface area contributed by atoms with Crippen LogP contribution >= 0.6 is 0 Å². The van der Waals surface area contributed by atoms with Crippen molar-refractivity contribution in [1.82, 2.24) is 4.98 Å². The normalized spacial score (nSPS) is 17.4. The van der Waals surface area contributed by atoms with Gasteiger partial charge in [0.1, 0.15) is 13.7 Å². The van der Waals surface area contributed by atoms with E-state index in [0.29, 0.717) is 5.59 Å². The lowest BCUT2D eigenvalue weighted by molar-refractivity contribution is 0.122. The van der Waals surface area contributed by atoms with Crippen molar-refractivity contribution < 1.29 is 4.74 Å². The van der Waals surface area contributed by atoms with E-state index in [4.69, 9.17) is 12.6 Å². The molecule has 1 aliphatic rings. The Bertz CT molecular complexity index is 287. The summed E-state index contributed by atoms with van der Waals surface area (Å²) in [5, 5.41) is 0. The number of aromatic nitrogens is 1. The second kappa shape index (κ2) is 3.79. The molecule has 13 heavy (non-hydrogen) atoms. The van der Waals surface area contributed by atoms with Crippen LogP contribution in [0.3, 0.4) is 0 Å². The summed E-state index contributed by atoms with van der Waals surface area (Å²) in [5.41, 5.74) is 0.573. The second-order valence-electron chi connectivity index (χ2n) is 3.02. The number of hydrogen-bond donors (Lipinski definition) is 0. The fraction of sp³-hybridized carbons (Fsp3) is 0.444. The molecule has 0 N–H and O–H groups in total. The minimum absolute atomic E-state index is 0.573. The van der Waals surface area contributed by atoms with Gasteiger partial charge in [-0.1, -0.05) is 12.1 Å². The van der Waals surface area contributed by atoms with Crippen LogP contribution < -0.4 is 10.5 Å². The van der Waals surface area contributed by atoms with Crippen molar-refractivity contribution in [1.29, 1.82) is 0 Å². The fourth-order valence-electron chi connectivity index (χ4n) is 1.41. The van der Waals surface area contributed by atoms with Gasteiger partial charge in [0.05, 0.1) is 13.2 Å². The molecule has 0 atom stereocenters. The van der Waals surface area contributed by atoms with Crippen molar-refractivity contribution in [2.75, 3.05) is 31.2 Å². The SMILES string of the molecule is [B]c1cccc(N2CCOCC2)n1. The number of morpholine rings is 1. The molecule has 0 unspecified atom stereocenters. The average molecular weight is 174 g/mol. The van der Waals surface area contributed by atoms with Crippen LogP contribution in [-0.2, 0) is 4.74 Å². The van der Waals surface area contributed by atoms with E-state index in [0.717, 1.165) is 32.1 Å². The van der Waals surface area contributed by atoms with Crippen LogP contribution in [0.4, 0.5) is 5.82 Å². The molecule has 1 aromatic heterocycles. The molecule has 2 rings (SSSR count). The summed E-state index contributed by atoms with van der Waals surface area (Å²) in [4.78, 5) is 6.43. The molecule has 4 heteroatoms. The lowest BCUT2D eigenvalue weighted by Gasteiger charge is -2.27. The maximum atomic E-state index is 5.60. The smallest absolute Gasteiger partial charge is 0.141 e. The highest BCUT2D eigenvalue weighted by Gasteiger charge is 2.11. The molecule has 1 saturated heterocycles. The number of pyridine rings is 1. The van der Waals surface area contributed by atoms with Crippen LogP contribution in [0, 0.1) is 0 Å². The highest BCUT2D eigenvalue weighted by atomic mass is 16.5. The van der Waals surface area contributed by atoms with Gasteiger partial charge < -0.3 is 9.64 Å². The van der Waals surface area contributed by atoms with E-state index >= 15 is 0 Å². The predicted octanol–water partition coefficient (Wildman–Crippen LogP) is -0.288. The Hall–Kier alpha value is -1.03. The van der Waals surface area contributed by atoms with Crippen molar-refractivity contribution in [2.24, 2.45) is 0 Å². The largest absolute Gasteiger partial charge is 0.378 e. The number of ether oxygens (including phenoxy) is 1. The summed E-state index contributed by atoms with van der Waals surface area (Å²) < 4.78 is 5.25. The molecule has 2 heterocycles. The third-order valence-corrected chi connectivity index (χ3v) is 2.09. The molecule has 3 nitrogen and oxygen atoms in total. The fourth-order valence-corrected chi connectivity index (χ4v) is 1.41. The zero-order valence-electron chi connectivity index (χ0n) is 7.44. The zero-order chi connectivity index (χ0) is 9.10. The van der Waals surface area contributed by atoms with Gasteiger partial charge >= 0.3 is 0 Å². The number of anilines is 1. The predicted molar refractivity (Wildman–Crippen MR) is 52.7 cm³/mol. The maximum Gasteiger partial charge on any atom is 0.141 e. The quantitative estimate of drug-likeness (QED) is 0.547. The summed E-state index contributed by atoms with van der Waals surface area (Å²) in [6, 6.07) is 5.69. The van der Waals surface area contributed by atoms with Gasteiger partial charge in [-0.2, -0.15) is 0 Å². The molecule has 1 aliphatic heterocycles. The molecule has 0 aliphatic carbocycles. The first-order valence-electron chi connectivity index (χ1n) is 4.41. The molecule has 0 bridgehead atoms. The lowest BCUT2D eigenvalue weighted by atomic mass is 10.0.